The van der Waals surface area contributed by atoms with Gasteiger partial charge in [-0.2, -0.15) is 0 Å². The SMILES string of the molecule is Cc1noc(C)c1CSCC(=O)N1C2CCNCC1CC2.Cl. The van der Waals surface area contributed by atoms with Gasteiger partial charge in [0.15, 0.2) is 0 Å². The molecule has 0 aliphatic carbocycles. The first kappa shape index (κ1) is 17.6. The molecular weight excluding hydrogens is 322 g/mol. The summed E-state index contributed by atoms with van der Waals surface area (Å²) >= 11 is 1.67. The zero-order chi connectivity index (χ0) is 14.8. The molecule has 5 nitrogen and oxygen atoms in total. The summed E-state index contributed by atoms with van der Waals surface area (Å²) in [6.45, 7) is 5.88. The van der Waals surface area contributed by atoms with Crippen molar-refractivity contribution in [1.82, 2.24) is 15.4 Å². The van der Waals surface area contributed by atoms with Gasteiger partial charge >= 0.3 is 0 Å². The van der Waals surface area contributed by atoms with Crippen LogP contribution in [0.4, 0.5) is 0 Å². The summed E-state index contributed by atoms with van der Waals surface area (Å²) in [5.74, 6) is 2.51. The van der Waals surface area contributed by atoms with Crippen molar-refractivity contribution in [1.29, 1.82) is 0 Å². The second-order valence-corrected chi connectivity index (χ2v) is 6.96. The second-order valence-electron chi connectivity index (χ2n) is 5.97. The molecule has 2 unspecified atom stereocenters. The normalized spacial score (nSPS) is 24.0. The maximum Gasteiger partial charge on any atom is 0.233 e. The smallest absolute Gasteiger partial charge is 0.233 e. The molecule has 2 aliphatic rings. The van der Waals surface area contributed by atoms with Crippen molar-refractivity contribution in [2.45, 2.75) is 50.9 Å². The number of hydrogen-bond donors (Lipinski definition) is 1. The lowest BCUT2D eigenvalue weighted by Crippen LogP contribution is -2.43. The van der Waals surface area contributed by atoms with E-state index in [4.69, 9.17) is 4.52 Å². The van der Waals surface area contributed by atoms with Crippen LogP contribution in [0.3, 0.4) is 0 Å². The lowest BCUT2D eigenvalue weighted by molar-refractivity contribution is -0.130. The van der Waals surface area contributed by atoms with Gasteiger partial charge in [0.2, 0.25) is 5.91 Å². The number of carbonyl (C=O) groups is 1. The largest absolute Gasteiger partial charge is 0.361 e. The lowest BCUT2D eigenvalue weighted by atomic mass is 10.1. The van der Waals surface area contributed by atoms with E-state index in [1.807, 2.05) is 13.8 Å². The van der Waals surface area contributed by atoms with Gasteiger partial charge in [0.25, 0.3) is 0 Å². The van der Waals surface area contributed by atoms with Crippen LogP contribution < -0.4 is 5.32 Å². The van der Waals surface area contributed by atoms with Crippen molar-refractivity contribution in [3.63, 3.8) is 0 Å². The summed E-state index contributed by atoms with van der Waals surface area (Å²) in [5.41, 5.74) is 2.07. The van der Waals surface area contributed by atoms with E-state index >= 15 is 0 Å². The number of aromatic nitrogens is 1. The first-order valence-corrected chi connectivity index (χ1v) is 8.83. The van der Waals surface area contributed by atoms with Gasteiger partial charge in [-0.15, -0.1) is 24.2 Å². The molecule has 2 saturated heterocycles. The number of nitrogens with zero attached hydrogens (tertiary/aromatic N) is 2. The molecule has 2 atom stereocenters. The Morgan fingerprint density at radius 3 is 2.86 bits per heavy atom. The van der Waals surface area contributed by atoms with Gasteiger partial charge in [0.05, 0.1) is 11.4 Å². The molecule has 1 aromatic heterocycles. The third kappa shape index (κ3) is 3.60. The van der Waals surface area contributed by atoms with Crippen LogP contribution >= 0.6 is 24.2 Å². The van der Waals surface area contributed by atoms with E-state index in [0.717, 1.165) is 48.7 Å². The van der Waals surface area contributed by atoms with Crippen LogP contribution in [0.5, 0.6) is 0 Å². The van der Waals surface area contributed by atoms with Crippen molar-refractivity contribution in [3.05, 3.63) is 17.0 Å². The minimum atomic E-state index is 0. The average molecular weight is 346 g/mol. The number of hydrogen-bond acceptors (Lipinski definition) is 5. The van der Waals surface area contributed by atoms with Crippen molar-refractivity contribution in [2.24, 2.45) is 0 Å². The van der Waals surface area contributed by atoms with Crippen LogP contribution in [0.15, 0.2) is 4.52 Å². The number of aryl methyl sites for hydroxylation is 2. The van der Waals surface area contributed by atoms with Crippen molar-refractivity contribution in [2.75, 3.05) is 18.8 Å². The van der Waals surface area contributed by atoms with Gasteiger partial charge < -0.3 is 14.7 Å². The molecule has 0 saturated carbocycles. The molecule has 0 aromatic carbocycles. The molecule has 1 aromatic rings. The van der Waals surface area contributed by atoms with Gasteiger partial charge in [-0.25, -0.2) is 0 Å². The van der Waals surface area contributed by atoms with E-state index in [9.17, 15) is 4.79 Å². The van der Waals surface area contributed by atoms with Gasteiger partial charge in [0, 0.05) is 29.9 Å². The fourth-order valence-corrected chi connectivity index (χ4v) is 4.45. The lowest BCUT2D eigenvalue weighted by Gasteiger charge is -2.27. The number of rotatable bonds is 4. The van der Waals surface area contributed by atoms with Gasteiger partial charge in [-0.05, 0) is 39.7 Å². The molecule has 22 heavy (non-hydrogen) atoms. The third-order valence-electron chi connectivity index (χ3n) is 4.60. The van der Waals surface area contributed by atoms with E-state index < -0.39 is 0 Å². The van der Waals surface area contributed by atoms with Gasteiger partial charge in [0.1, 0.15) is 5.76 Å². The maximum absolute atomic E-state index is 12.5. The van der Waals surface area contributed by atoms with E-state index in [0.29, 0.717) is 23.7 Å². The third-order valence-corrected chi connectivity index (χ3v) is 5.54. The number of fused-ring (bicyclic) bond motifs is 2. The van der Waals surface area contributed by atoms with Crippen LogP contribution in [-0.2, 0) is 10.5 Å². The summed E-state index contributed by atoms with van der Waals surface area (Å²) in [5, 5.41) is 7.39. The Bertz CT molecular complexity index is 489. The molecule has 3 heterocycles. The zero-order valence-corrected chi connectivity index (χ0v) is 14.8. The highest BCUT2D eigenvalue weighted by Crippen LogP contribution is 2.29. The Balaban J connectivity index is 0.00000176. The fourth-order valence-electron chi connectivity index (χ4n) is 3.41. The maximum atomic E-state index is 12.5. The van der Waals surface area contributed by atoms with Crippen molar-refractivity contribution >= 4 is 30.1 Å². The predicted molar refractivity (Wildman–Crippen MR) is 90.5 cm³/mol. The van der Waals surface area contributed by atoms with Crippen molar-refractivity contribution < 1.29 is 9.32 Å². The first-order chi connectivity index (χ1) is 10.2. The van der Waals surface area contributed by atoms with Crippen LogP contribution in [-0.4, -0.2) is 46.9 Å². The molecule has 2 aliphatic heterocycles. The van der Waals surface area contributed by atoms with E-state index in [1.165, 1.54) is 6.42 Å². The molecule has 0 radical (unpaired) electrons. The Morgan fingerprint density at radius 2 is 2.14 bits per heavy atom. The second kappa shape index (κ2) is 7.70. The Labute approximate surface area is 142 Å². The molecule has 2 fully saturated rings. The standard InChI is InChI=1S/C15H23N3O2S.ClH/c1-10-14(11(2)20-17-10)8-21-9-15(19)18-12-3-4-13(18)7-16-6-5-12;/h12-13,16H,3-9H2,1-2H3;1H. The van der Waals surface area contributed by atoms with Crippen molar-refractivity contribution in [3.8, 4) is 0 Å². The minimum Gasteiger partial charge on any atom is -0.361 e. The molecule has 0 spiro atoms. The minimum absolute atomic E-state index is 0. The number of carbonyl (C=O) groups excluding carboxylic acids is 1. The number of halogens is 1. The molecule has 2 bridgehead atoms. The summed E-state index contributed by atoms with van der Waals surface area (Å²) in [7, 11) is 0. The van der Waals surface area contributed by atoms with E-state index in [2.05, 4.69) is 15.4 Å². The average Bonchev–Trinajstić information content (AvgIpc) is 2.90. The molecular formula is C15H24ClN3O2S. The molecule has 124 valence electrons. The molecule has 7 heteroatoms. The van der Waals surface area contributed by atoms with Crippen LogP contribution in [0.1, 0.15) is 36.3 Å². The highest BCUT2D eigenvalue weighted by Gasteiger charge is 2.37. The molecule has 1 N–H and O–H groups in total. The molecule has 1 amide bonds. The van der Waals surface area contributed by atoms with Crippen LogP contribution in [0, 0.1) is 13.8 Å². The molecule has 3 rings (SSSR count). The Kier molecular flexibility index (Phi) is 6.17. The topological polar surface area (TPSA) is 58.4 Å². The monoisotopic (exact) mass is 345 g/mol. The predicted octanol–water partition coefficient (Wildman–Crippen LogP) is 2.30. The quantitative estimate of drug-likeness (QED) is 0.907. The summed E-state index contributed by atoms with van der Waals surface area (Å²) in [4.78, 5) is 14.7. The number of nitrogens with one attached hydrogen (secondary N) is 1. The summed E-state index contributed by atoms with van der Waals surface area (Å²) < 4.78 is 5.16. The fraction of sp³-hybridized carbons (Fsp3) is 0.733. The first-order valence-electron chi connectivity index (χ1n) is 7.68. The summed E-state index contributed by atoms with van der Waals surface area (Å²) in [6.07, 6.45) is 3.42. The highest BCUT2D eigenvalue weighted by molar-refractivity contribution is 7.99. The summed E-state index contributed by atoms with van der Waals surface area (Å²) in [6, 6.07) is 0.863. The van der Waals surface area contributed by atoms with Gasteiger partial charge in [-0.1, -0.05) is 5.16 Å². The van der Waals surface area contributed by atoms with Crippen LogP contribution in [0.2, 0.25) is 0 Å². The van der Waals surface area contributed by atoms with E-state index in [1.54, 1.807) is 11.8 Å². The number of thioether (sulfide) groups is 1. The number of amides is 1. The van der Waals surface area contributed by atoms with Crippen LogP contribution in [0.25, 0.3) is 0 Å². The Morgan fingerprint density at radius 1 is 1.36 bits per heavy atom. The van der Waals surface area contributed by atoms with E-state index in [-0.39, 0.29) is 12.4 Å². The highest BCUT2D eigenvalue weighted by atomic mass is 35.5. The van der Waals surface area contributed by atoms with Gasteiger partial charge in [-0.3, -0.25) is 4.79 Å². The Hall–Kier alpha value is -0.720. The zero-order valence-electron chi connectivity index (χ0n) is 13.1.